The van der Waals surface area contributed by atoms with E-state index in [-0.39, 0.29) is 0 Å². The van der Waals surface area contributed by atoms with Crippen LogP contribution in [0.5, 0.6) is 0 Å². The number of rotatable bonds is 3. The van der Waals surface area contributed by atoms with Gasteiger partial charge in [0.1, 0.15) is 5.82 Å². The second-order valence-corrected chi connectivity index (χ2v) is 7.54. The van der Waals surface area contributed by atoms with Crippen LogP contribution in [0.4, 0.5) is 5.82 Å². The first kappa shape index (κ1) is 19.9. The number of H-pyrrole nitrogens is 1. The highest BCUT2D eigenvalue weighted by atomic mass is 35.5. The van der Waals surface area contributed by atoms with E-state index in [1.165, 1.54) is 6.92 Å². The van der Waals surface area contributed by atoms with E-state index >= 15 is 0 Å². The van der Waals surface area contributed by atoms with E-state index in [4.69, 9.17) is 34.2 Å². The highest BCUT2D eigenvalue weighted by Crippen LogP contribution is 2.45. The SMILES string of the molecule is CC#N.Nc1cc(-c2cc(-c3ccc(Cl)cc3Cl)c(-c3ccn[nH]3)s2)ccn1. The third kappa shape index (κ3) is 4.34. The largest absolute Gasteiger partial charge is 0.384 e. The van der Waals surface area contributed by atoms with Crippen molar-refractivity contribution in [1.82, 2.24) is 15.2 Å². The van der Waals surface area contributed by atoms with E-state index in [0.29, 0.717) is 15.9 Å². The van der Waals surface area contributed by atoms with Gasteiger partial charge in [-0.1, -0.05) is 29.3 Å². The number of nitriles is 1. The minimum Gasteiger partial charge on any atom is -0.384 e. The molecule has 3 N–H and O–H groups in total. The number of aromatic nitrogens is 3. The summed E-state index contributed by atoms with van der Waals surface area (Å²) in [7, 11) is 0. The van der Waals surface area contributed by atoms with Crippen molar-refractivity contribution in [3.63, 3.8) is 0 Å². The number of thiophene rings is 1. The van der Waals surface area contributed by atoms with Crippen LogP contribution in [0.3, 0.4) is 0 Å². The molecule has 0 saturated carbocycles. The Hall–Kier alpha value is -2.85. The van der Waals surface area contributed by atoms with Gasteiger partial charge in [-0.25, -0.2) is 4.98 Å². The van der Waals surface area contributed by atoms with Crippen LogP contribution in [0.15, 0.2) is 54.9 Å². The first-order valence-electron chi connectivity index (χ1n) is 8.15. The standard InChI is InChI=1S/C18H12Cl2N4S.C2H3N/c19-11-1-2-12(14(20)8-11)13-9-16(10-3-5-22-17(21)7-10)25-18(13)15-4-6-23-24-15;1-2-3/h1-9H,(H2,21,22)(H,23,24);1H3. The maximum Gasteiger partial charge on any atom is 0.123 e. The van der Waals surface area contributed by atoms with Gasteiger partial charge in [-0.2, -0.15) is 10.4 Å². The molecular formula is C20H15Cl2N5S. The molecule has 0 spiro atoms. The highest BCUT2D eigenvalue weighted by Gasteiger charge is 2.17. The number of anilines is 1. The first-order valence-corrected chi connectivity index (χ1v) is 9.72. The molecule has 3 aromatic heterocycles. The molecule has 0 fully saturated rings. The highest BCUT2D eigenvalue weighted by molar-refractivity contribution is 7.19. The van der Waals surface area contributed by atoms with Crippen LogP contribution in [0.1, 0.15) is 6.92 Å². The van der Waals surface area contributed by atoms with Crippen molar-refractivity contribution >= 4 is 40.4 Å². The van der Waals surface area contributed by atoms with Crippen molar-refractivity contribution in [3.05, 3.63) is 64.9 Å². The average Bonchev–Trinajstić information content (AvgIpc) is 3.32. The van der Waals surface area contributed by atoms with Gasteiger partial charge in [-0.15, -0.1) is 11.3 Å². The second-order valence-electron chi connectivity index (χ2n) is 5.64. The Morgan fingerprint density at radius 1 is 1.07 bits per heavy atom. The van der Waals surface area contributed by atoms with Crippen molar-refractivity contribution < 1.29 is 0 Å². The van der Waals surface area contributed by atoms with Crippen molar-refractivity contribution in [2.75, 3.05) is 5.73 Å². The number of halogens is 2. The summed E-state index contributed by atoms with van der Waals surface area (Å²) in [6, 6.07) is 15.1. The molecular weight excluding hydrogens is 413 g/mol. The molecule has 8 heteroatoms. The first-order chi connectivity index (χ1) is 13.5. The number of hydrogen-bond acceptors (Lipinski definition) is 5. The summed E-state index contributed by atoms with van der Waals surface area (Å²) < 4.78 is 0. The van der Waals surface area contributed by atoms with Crippen molar-refractivity contribution in [1.29, 1.82) is 5.26 Å². The van der Waals surface area contributed by atoms with Crippen LogP contribution in [-0.4, -0.2) is 15.2 Å². The second kappa shape index (κ2) is 8.89. The minimum atomic E-state index is 0.486. The number of benzene rings is 1. The van der Waals surface area contributed by atoms with Gasteiger partial charge >= 0.3 is 0 Å². The molecule has 0 atom stereocenters. The lowest BCUT2D eigenvalue weighted by Crippen LogP contribution is -1.88. The van der Waals surface area contributed by atoms with Crippen LogP contribution in [0.2, 0.25) is 10.0 Å². The van der Waals surface area contributed by atoms with Crippen LogP contribution in [-0.2, 0) is 0 Å². The molecule has 0 aliphatic heterocycles. The quantitative estimate of drug-likeness (QED) is 0.401. The van der Waals surface area contributed by atoms with Crippen LogP contribution >= 0.6 is 34.5 Å². The fourth-order valence-corrected chi connectivity index (χ4v) is 4.28. The van der Waals surface area contributed by atoms with Gasteiger partial charge in [0.15, 0.2) is 0 Å². The Kier molecular flexibility index (Phi) is 6.32. The smallest absolute Gasteiger partial charge is 0.123 e. The van der Waals surface area contributed by atoms with E-state index in [9.17, 15) is 0 Å². The molecule has 1 aromatic carbocycles. The van der Waals surface area contributed by atoms with Crippen LogP contribution in [0, 0.1) is 11.3 Å². The van der Waals surface area contributed by atoms with Crippen molar-refractivity contribution in [3.8, 4) is 38.2 Å². The summed E-state index contributed by atoms with van der Waals surface area (Å²) in [5.41, 5.74) is 9.70. The average molecular weight is 428 g/mol. The maximum atomic E-state index is 7.32. The van der Waals surface area contributed by atoms with E-state index in [0.717, 1.165) is 32.1 Å². The maximum absolute atomic E-state index is 7.32. The van der Waals surface area contributed by atoms with Crippen molar-refractivity contribution in [2.45, 2.75) is 6.92 Å². The molecule has 0 unspecified atom stereocenters. The summed E-state index contributed by atoms with van der Waals surface area (Å²) in [5.74, 6) is 0.486. The third-order valence-corrected chi connectivity index (χ3v) is 5.53. The van der Waals surface area contributed by atoms with E-state index < -0.39 is 0 Å². The molecule has 0 bridgehead atoms. The predicted octanol–water partition coefficient (Wildman–Crippen LogP) is 6.29. The summed E-state index contributed by atoms with van der Waals surface area (Å²) in [4.78, 5) is 6.17. The Bertz CT molecular complexity index is 1130. The van der Waals surface area contributed by atoms with Crippen LogP contribution in [0.25, 0.3) is 32.1 Å². The number of nitrogens with one attached hydrogen (secondary N) is 1. The van der Waals surface area contributed by atoms with Gasteiger partial charge in [0, 0.05) is 45.4 Å². The molecule has 0 aliphatic rings. The summed E-state index contributed by atoms with van der Waals surface area (Å²) >= 11 is 14.1. The normalized spacial score (nSPS) is 10.1. The van der Waals surface area contributed by atoms with Gasteiger partial charge < -0.3 is 5.73 Å². The molecule has 0 radical (unpaired) electrons. The number of pyridine rings is 1. The van der Waals surface area contributed by atoms with Crippen LogP contribution < -0.4 is 5.73 Å². The molecule has 5 nitrogen and oxygen atoms in total. The monoisotopic (exact) mass is 427 g/mol. The minimum absolute atomic E-state index is 0.486. The van der Waals surface area contributed by atoms with Gasteiger partial charge in [0.05, 0.1) is 16.6 Å². The Labute approximate surface area is 176 Å². The molecule has 4 aromatic rings. The molecule has 0 amide bonds. The van der Waals surface area contributed by atoms with E-state index in [2.05, 4.69) is 21.2 Å². The number of nitrogen functional groups attached to an aromatic ring is 1. The topological polar surface area (TPSA) is 91.4 Å². The lowest BCUT2D eigenvalue weighted by Gasteiger charge is -2.05. The number of hydrogen-bond donors (Lipinski definition) is 2. The van der Waals surface area contributed by atoms with Gasteiger partial charge in [0.25, 0.3) is 0 Å². The fraction of sp³-hybridized carbons (Fsp3) is 0.0500. The summed E-state index contributed by atoms with van der Waals surface area (Å²) in [6.07, 6.45) is 3.43. The Morgan fingerprint density at radius 3 is 2.50 bits per heavy atom. The summed E-state index contributed by atoms with van der Waals surface area (Å²) in [6.45, 7) is 1.43. The van der Waals surface area contributed by atoms with Gasteiger partial charge in [-0.05, 0) is 42.0 Å². The summed E-state index contributed by atoms with van der Waals surface area (Å²) in [5, 5.41) is 15.6. The predicted molar refractivity (Wildman–Crippen MR) is 116 cm³/mol. The number of nitrogens with zero attached hydrogens (tertiary/aromatic N) is 3. The van der Waals surface area contributed by atoms with E-state index in [1.54, 1.807) is 35.9 Å². The van der Waals surface area contributed by atoms with E-state index in [1.807, 2.05) is 30.3 Å². The zero-order chi connectivity index (χ0) is 20.1. The number of aromatic amines is 1. The molecule has 28 heavy (non-hydrogen) atoms. The lowest BCUT2D eigenvalue weighted by atomic mass is 10.0. The third-order valence-electron chi connectivity index (χ3n) is 3.76. The zero-order valence-electron chi connectivity index (χ0n) is 14.8. The molecule has 3 heterocycles. The van der Waals surface area contributed by atoms with Gasteiger partial charge in [0.2, 0.25) is 0 Å². The molecule has 140 valence electrons. The molecule has 0 saturated heterocycles. The van der Waals surface area contributed by atoms with Gasteiger partial charge in [-0.3, -0.25) is 5.10 Å². The van der Waals surface area contributed by atoms with Crippen molar-refractivity contribution in [2.24, 2.45) is 0 Å². The molecule has 4 rings (SSSR count). The molecule has 0 aliphatic carbocycles. The zero-order valence-corrected chi connectivity index (χ0v) is 17.1. The number of nitrogens with two attached hydrogens (primary N) is 1. The Balaban J connectivity index is 0.000000706. The fourth-order valence-electron chi connectivity index (χ4n) is 2.63. The lowest BCUT2D eigenvalue weighted by molar-refractivity contribution is 1.10. The Morgan fingerprint density at radius 2 is 1.86 bits per heavy atom.